The molecule has 1 fully saturated rings. The van der Waals surface area contributed by atoms with Crippen molar-refractivity contribution < 1.29 is 38.1 Å². The van der Waals surface area contributed by atoms with Crippen LogP contribution in [0, 0.1) is 5.92 Å². The van der Waals surface area contributed by atoms with Crippen molar-refractivity contribution in [3.05, 3.63) is 53.4 Å². The number of nitrogens with one attached hydrogen (secondary N) is 2. The maximum atomic E-state index is 13.4. The number of rotatable bonds is 12. The van der Waals surface area contributed by atoms with E-state index in [2.05, 4.69) is 22.2 Å². The molecule has 242 valence electrons. The van der Waals surface area contributed by atoms with E-state index in [-0.39, 0.29) is 22.5 Å². The van der Waals surface area contributed by atoms with Gasteiger partial charge in [0.25, 0.3) is 11.8 Å². The molecular weight excluding hydrogens is 566 g/mol. The zero-order valence-corrected chi connectivity index (χ0v) is 27.4. The third kappa shape index (κ3) is 11.0. The number of nitrogens with zero attached hydrogens (tertiary/aromatic N) is 1. The molecule has 1 aliphatic rings. The summed E-state index contributed by atoms with van der Waals surface area (Å²) in [5.41, 5.74) is 1.03. The number of benzene rings is 1. The second-order valence-corrected chi connectivity index (χ2v) is 9.46. The van der Waals surface area contributed by atoms with Gasteiger partial charge in [0.05, 0.1) is 13.2 Å². The number of esters is 1. The van der Waals surface area contributed by atoms with E-state index in [0.29, 0.717) is 35.9 Å². The lowest BCUT2D eigenvalue weighted by Gasteiger charge is -2.18. The van der Waals surface area contributed by atoms with Crippen LogP contribution in [0.25, 0.3) is 17.2 Å². The molecule has 1 unspecified atom stereocenters. The van der Waals surface area contributed by atoms with Gasteiger partial charge in [0, 0.05) is 42.3 Å². The minimum atomic E-state index is -1.33. The summed E-state index contributed by atoms with van der Waals surface area (Å²) in [5.74, 6) is -1.00. The number of hydrogen-bond acceptors (Lipinski definition) is 9. The van der Waals surface area contributed by atoms with Crippen LogP contribution in [0.4, 0.5) is 4.79 Å². The number of pyridine rings is 1. The number of aromatic nitrogens is 1. The average Bonchev–Trinajstić information content (AvgIpc) is 3.85. The smallest absolute Gasteiger partial charge is 0.496 e. The van der Waals surface area contributed by atoms with Crippen LogP contribution >= 0.6 is 0 Å². The molecular formula is C33H47N3O8. The number of carbonyl (C=O) groups is 4. The molecule has 11 nitrogen and oxygen atoms in total. The quantitative estimate of drug-likeness (QED) is 0.205. The summed E-state index contributed by atoms with van der Waals surface area (Å²) in [6.45, 7) is 19.1. The van der Waals surface area contributed by atoms with Crippen molar-refractivity contribution in [3.63, 3.8) is 0 Å². The van der Waals surface area contributed by atoms with Gasteiger partial charge in [-0.1, -0.05) is 40.3 Å². The Balaban J connectivity index is 0.00000232. The molecule has 44 heavy (non-hydrogen) atoms. The molecule has 1 aliphatic carbocycles. The fourth-order valence-electron chi connectivity index (χ4n) is 3.79. The predicted octanol–water partition coefficient (Wildman–Crippen LogP) is 6.41. The fourth-order valence-corrected chi connectivity index (χ4v) is 3.79. The molecule has 0 radical (unpaired) electrons. The van der Waals surface area contributed by atoms with Crippen LogP contribution in [0.2, 0.25) is 0 Å². The molecule has 1 aromatic carbocycles. The van der Waals surface area contributed by atoms with Crippen LogP contribution < -0.4 is 15.4 Å². The van der Waals surface area contributed by atoms with Gasteiger partial charge in [-0.15, -0.1) is 0 Å². The second kappa shape index (κ2) is 19.0. The highest BCUT2D eigenvalue weighted by Gasteiger charge is 2.27. The predicted molar refractivity (Wildman–Crippen MR) is 170 cm³/mol. The van der Waals surface area contributed by atoms with Gasteiger partial charge in [0.1, 0.15) is 11.4 Å². The van der Waals surface area contributed by atoms with E-state index in [1.807, 2.05) is 27.7 Å². The molecule has 0 saturated heterocycles. The van der Waals surface area contributed by atoms with E-state index in [1.165, 1.54) is 26.2 Å². The van der Waals surface area contributed by atoms with E-state index in [9.17, 15) is 19.2 Å². The molecule has 0 bridgehead atoms. The minimum Gasteiger partial charge on any atom is -0.496 e. The molecule has 1 aromatic heterocycles. The first kappa shape index (κ1) is 37.6. The molecule has 0 aliphatic heterocycles. The van der Waals surface area contributed by atoms with Crippen molar-refractivity contribution in [2.24, 2.45) is 5.92 Å². The second-order valence-electron chi connectivity index (χ2n) is 9.46. The Labute approximate surface area is 260 Å². The van der Waals surface area contributed by atoms with Gasteiger partial charge in [0.2, 0.25) is 6.29 Å². The Morgan fingerprint density at radius 3 is 2.16 bits per heavy atom. The topological polar surface area (TPSA) is 142 Å². The Morgan fingerprint density at radius 2 is 1.61 bits per heavy atom. The third-order valence-electron chi connectivity index (χ3n) is 5.90. The summed E-state index contributed by atoms with van der Waals surface area (Å²) in [7, 11) is 1.47. The molecule has 3 rings (SSSR count). The fraction of sp³-hybridized carbons (Fsp3) is 0.485. The lowest BCUT2D eigenvalue weighted by atomic mass is 9.94. The molecule has 1 atom stereocenters. The molecule has 2 aromatic rings. The number of amides is 2. The summed E-state index contributed by atoms with van der Waals surface area (Å²) < 4.78 is 20.8. The minimum absolute atomic E-state index is 0.0154. The Kier molecular flexibility index (Phi) is 16.2. The highest BCUT2D eigenvalue weighted by Crippen LogP contribution is 2.34. The van der Waals surface area contributed by atoms with Gasteiger partial charge in [-0.3, -0.25) is 9.59 Å². The zero-order valence-electron chi connectivity index (χ0n) is 27.4. The van der Waals surface area contributed by atoms with Crippen molar-refractivity contribution >= 4 is 30.0 Å². The van der Waals surface area contributed by atoms with Crippen molar-refractivity contribution in [1.29, 1.82) is 0 Å². The van der Waals surface area contributed by atoms with Crippen molar-refractivity contribution in [2.75, 3.05) is 20.2 Å². The third-order valence-corrected chi connectivity index (χ3v) is 5.90. The molecule has 1 saturated carbocycles. The van der Waals surface area contributed by atoms with E-state index >= 15 is 0 Å². The zero-order chi connectivity index (χ0) is 33.4. The number of ether oxygens (including phenoxy) is 4. The summed E-state index contributed by atoms with van der Waals surface area (Å²) in [6, 6.07) is 6.15. The van der Waals surface area contributed by atoms with Gasteiger partial charge >= 0.3 is 12.1 Å². The monoisotopic (exact) mass is 613 g/mol. The van der Waals surface area contributed by atoms with Gasteiger partial charge in [-0.2, -0.15) is 0 Å². The van der Waals surface area contributed by atoms with Gasteiger partial charge in [-0.05, 0) is 63.8 Å². The number of methoxy groups -OCH3 is 1. The molecule has 0 spiro atoms. The Bertz CT molecular complexity index is 1290. The lowest BCUT2D eigenvalue weighted by molar-refractivity contribution is -0.0868. The van der Waals surface area contributed by atoms with Crippen LogP contribution in [0.15, 0.2) is 30.8 Å². The Morgan fingerprint density at radius 1 is 0.955 bits per heavy atom. The number of carbonyl (C=O) groups excluding carboxylic acids is 4. The van der Waals surface area contributed by atoms with Crippen LogP contribution in [-0.2, 0) is 14.2 Å². The normalized spacial score (nSPS) is 12.2. The van der Waals surface area contributed by atoms with E-state index in [0.717, 1.165) is 12.8 Å². The maximum Gasteiger partial charge on any atom is 0.511 e. The standard InChI is InChI=1S/C29H35N3O8.2C2H6/c1-7-19-13-22(26(33)30-8-2)21(14-24(19)37-6)20-11-12-23(27(34)31-15-18-9-10-18)32-25(20)28(35)39-17(5)40-29(36)38-16(3)4;2*1-2/h7,11-14,16-18H,1,8-10,15H2,2-6H3,(H,30,33)(H,31,34);2*1-2H3. The van der Waals surface area contributed by atoms with Crippen LogP contribution in [0.1, 0.15) is 105 Å². The summed E-state index contributed by atoms with van der Waals surface area (Å²) in [5, 5.41) is 5.57. The van der Waals surface area contributed by atoms with Crippen LogP contribution in [0.3, 0.4) is 0 Å². The molecule has 2 amide bonds. The van der Waals surface area contributed by atoms with Crippen molar-refractivity contribution in [3.8, 4) is 16.9 Å². The molecule has 1 heterocycles. The summed E-state index contributed by atoms with van der Waals surface area (Å²) in [4.78, 5) is 55.5. The summed E-state index contributed by atoms with van der Waals surface area (Å²) in [6.07, 6.45) is 0.859. The summed E-state index contributed by atoms with van der Waals surface area (Å²) >= 11 is 0. The first-order valence-electron chi connectivity index (χ1n) is 15.1. The molecule has 11 heteroatoms. The van der Waals surface area contributed by atoms with Gasteiger partial charge in [-0.25, -0.2) is 14.6 Å². The molecule has 2 N–H and O–H groups in total. The SMILES string of the molecule is C=Cc1cc(C(=O)NCC)c(-c2ccc(C(=O)NCC3CC3)nc2C(=O)OC(C)OC(=O)OC(C)C)cc1OC.CC.CC. The van der Waals surface area contributed by atoms with Crippen molar-refractivity contribution in [1.82, 2.24) is 15.6 Å². The average molecular weight is 614 g/mol. The van der Waals surface area contributed by atoms with E-state index in [4.69, 9.17) is 18.9 Å². The van der Waals surface area contributed by atoms with Crippen LogP contribution in [0.5, 0.6) is 5.75 Å². The first-order chi connectivity index (χ1) is 21.1. The first-order valence-corrected chi connectivity index (χ1v) is 15.1. The van der Waals surface area contributed by atoms with E-state index < -0.39 is 36.3 Å². The number of hydrogen-bond donors (Lipinski definition) is 2. The van der Waals surface area contributed by atoms with Gasteiger partial charge in [0.15, 0.2) is 5.69 Å². The highest BCUT2D eigenvalue weighted by molar-refractivity contribution is 6.06. The lowest BCUT2D eigenvalue weighted by Crippen LogP contribution is -2.28. The van der Waals surface area contributed by atoms with E-state index in [1.54, 1.807) is 39.0 Å². The largest absolute Gasteiger partial charge is 0.511 e. The Hall–Kier alpha value is -4.41. The maximum absolute atomic E-state index is 13.4. The van der Waals surface area contributed by atoms with Gasteiger partial charge < -0.3 is 29.6 Å². The highest BCUT2D eigenvalue weighted by atomic mass is 16.8. The van der Waals surface area contributed by atoms with Crippen molar-refractivity contribution in [2.45, 2.75) is 80.6 Å². The van der Waals surface area contributed by atoms with Crippen LogP contribution in [-0.4, -0.2) is 61.5 Å².